The van der Waals surface area contributed by atoms with Crippen molar-refractivity contribution in [2.75, 3.05) is 19.8 Å². The van der Waals surface area contributed by atoms with E-state index >= 15 is 0 Å². The van der Waals surface area contributed by atoms with Gasteiger partial charge in [0, 0.05) is 25.6 Å². The molecule has 0 aliphatic carbocycles. The van der Waals surface area contributed by atoms with Crippen molar-refractivity contribution < 1.29 is 9.60 Å². The van der Waals surface area contributed by atoms with E-state index in [1.165, 1.54) is 0 Å². The summed E-state index contributed by atoms with van der Waals surface area (Å²) in [6.45, 7) is 5.21. The molecule has 84 valence electrons. The van der Waals surface area contributed by atoms with Crippen LogP contribution in [0.1, 0.15) is 26.7 Å². The number of halogens is 1. The lowest BCUT2D eigenvalue weighted by Gasteiger charge is -2.25. The number of nitrogens with two attached hydrogens (primary N) is 1. The molecule has 0 aromatic rings. The van der Waals surface area contributed by atoms with Crippen molar-refractivity contribution in [3.8, 4) is 0 Å². The summed E-state index contributed by atoms with van der Waals surface area (Å²) in [5.74, 6) is 0.218. The number of rotatable bonds is 7. The number of amidine groups is 1. The van der Waals surface area contributed by atoms with Crippen LogP contribution in [0.15, 0.2) is 5.16 Å². The molecule has 0 spiro atoms. The average molecular weight is 205 g/mol. The third kappa shape index (κ3) is 5.75. The van der Waals surface area contributed by atoms with Gasteiger partial charge < -0.3 is 15.8 Å². The van der Waals surface area contributed by atoms with Gasteiger partial charge in [0.05, 0.1) is 6.67 Å². The molecule has 0 aromatic heterocycles. The molecule has 0 bridgehead atoms. The highest BCUT2D eigenvalue weighted by Gasteiger charge is 2.09. The molecule has 5 heteroatoms. The number of alkyl halides is 1. The topological polar surface area (TPSA) is 61.8 Å². The van der Waals surface area contributed by atoms with Gasteiger partial charge in [0.15, 0.2) is 0 Å². The quantitative estimate of drug-likeness (QED) is 0.284. The third-order valence-electron chi connectivity index (χ3n) is 2.09. The van der Waals surface area contributed by atoms with Crippen LogP contribution in [0.4, 0.5) is 4.39 Å². The highest BCUT2D eigenvalue weighted by molar-refractivity contribution is 5.79. The first-order valence-electron chi connectivity index (χ1n) is 4.88. The van der Waals surface area contributed by atoms with Crippen LogP contribution in [0.25, 0.3) is 0 Å². The average Bonchev–Trinajstić information content (AvgIpc) is 2.16. The van der Waals surface area contributed by atoms with Crippen molar-refractivity contribution in [2.45, 2.75) is 32.7 Å². The minimum Gasteiger partial charge on any atom is -0.409 e. The molecule has 0 rings (SSSR count). The van der Waals surface area contributed by atoms with E-state index in [1.54, 1.807) is 0 Å². The summed E-state index contributed by atoms with van der Waals surface area (Å²) < 4.78 is 12.0. The summed E-state index contributed by atoms with van der Waals surface area (Å²) in [6.07, 6.45) is 1.05. The molecular formula is C9H20FN3O. The van der Waals surface area contributed by atoms with Gasteiger partial charge in [-0.3, -0.25) is 4.39 Å². The molecular weight excluding hydrogens is 185 g/mol. The molecule has 0 fully saturated rings. The van der Waals surface area contributed by atoms with Crippen LogP contribution >= 0.6 is 0 Å². The monoisotopic (exact) mass is 205 g/mol. The second-order valence-corrected chi connectivity index (χ2v) is 3.51. The molecule has 3 N–H and O–H groups in total. The Morgan fingerprint density at radius 3 is 2.57 bits per heavy atom. The predicted octanol–water partition coefficient (Wildman–Crippen LogP) is 1.19. The molecule has 0 radical (unpaired) electrons. The standard InChI is InChI=1S/C9H20FN3O/c1-8(2)13(6-3-5-10)7-4-9(11)12-14/h8,14H,3-7H2,1-2H3,(H2,11,12). The second-order valence-electron chi connectivity index (χ2n) is 3.51. The first kappa shape index (κ1) is 13.2. The Balaban J connectivity index is 3.84. The Bertz CT molecular complexity index is 173. The van der Waals surface area contributed by atoms with Crippen LogP contribution in [0.2, 0.25) is 0 Å². The summed E-state index contributed by atoms with van der Waals surface area (Å²) in [4.78, 5) is 2.11. The van der Waals surface area contributed by atoms with Crippen LogP contribution < -0.4 is 5.73 Å². The summed E-state index contributed by atoms with van der Waals surface area (Å²) >= 11 is 0. The molecule has 0 amide bonds. The van der Waals surface area contributed by atoms with E-state index in [4.69, 9.17) is 10.9 Å². The van der Waals surface area contributed by atoms with Gasteiger partial charge in [-0.05, 0) is 20.3 Å². The van der Waals surface area contributed by atoms with E-state index in [0.29, 0.717) is 32.0 Å². The van der Waals surface area contributed by atoms with Crippen LogP contribution in [0.5, 0.6) is 0 Å². The van der Waals surface area contributed by atoms with Crippen molar-refractivity contribution in [3.05, 3.63) is 0 Å². The van der Waals surface area contributed by atoms with Gasteiger partial charge in [0.25, 0.3) is 0 Å². The zero-order valence-corrected chi connectivity index (χ0v) is 8.91. The van der Waals surface area contributed by atoms with Crippen LogP contribution in [-0.2, 0) is 0 Å². The maximum Gasteiger partial charge on any atom is 0.140 e. The Kier molecular flexibility index (Phi) is 7.10. The lowest BCUT2D eigenvalue weighted by atomic mass is 10.2. The summed E-state index contributed by atoms with van der Waals surface area (Å²) in [6, 6.07) is 0.355. The van der Waals surface area contributed by atoms with Crippen molar-refractivity contribution in [2.24, 2.45) is 10.9 Å². The van der Waals surface area contributed by atoms with E-state index in [1.807, 2.05) is 13.8 Å². The van der Waals surface area contributed by atoms with Crippen LogP contribution in [0, 0.1) is 0 Å². The van der Waals surface area contributed by atoms with E-state index in [0.717, 1.165) is 0 Å². The second kappa shape index (κ2) is 7.55. The van der Waals surface area contributed by atoms with Gasteiger partial charge in [-0.1, -0.05) is 5.16 Å². The Morgan fingerprint density at radius 1 is 1.50 bits per heavy atom. The minimum absolute atomic E-state index is 0.218. The van der Waals surface area contributed by atoms with Gasteiger partial charge in [0.2, 0.25) is 0 Å². The summed E-state index contributed by atoms with van der Waals surface area (Å²) in [5, 5.41) is 11.2. The molecule has 0 atom stereocenters. The molecule has 0 aromatic carbocycles. The van der Waals surface area contributed by atoms with Gasteiger partial charge in [-0.25, -0.2) is 0 Å². The van der Waals surface area contributed by atoms with Crippen molar-refractivity contribution in [3.63, 3.8) is 0 Å². The third-order valence-corrected chi connectivity index (χ3v) is 2.09. The molecule has 0 aliphatic rings. The van der Waals surface area contributed by atoms with Crippen molar-refractivity contribution in [1.82, 2.24) is 4.90 Å². The molecule has 4 nitrogen and oxygen atoms in total. The molecule has 0 heterocycles. The fourth-order valence-electron chi connectivity index (χ4n) is 1.20. The lowest BCUT2D eigenvalue weighted by molar-refractivity contribution is 0.216. The van der Waals surface area contributed by atoms with Crippen LogP contribution in [-0.4, -0.2) is 41.7 Å². The highest BCUT2D eigenvalue weighted by Crippen LogP contribution is 2.01. The fraction of sp³-hybridized carbons (Fsp3) is 0.889. The van der Waals surface area contributed by atoms with Crippen molar-refractivity contribution in [1.29, 1.82) is 0 Å². The maximum atomic E-state index is 12.0. The van der Waals surface area contributed by atoms with E-state index < -0.39 is 0 Å². The number of oxime groups is 1. The minimum atomic E-state index is -0.299. The zero-order chi connectivity index (χ0) is 11.0. The maximum absolute atomic E-state index is 12.0. The Morgan fingerprint density at radius 2 is 2.14 bits per heavy atom. The largest absolute Gasteiger partial charge is 0.409 e. The SMILES string of the molecule is CC(C)N(CCCF)CCC(N)=NO. The van der Waals surface area contributed by atoms with Crippen molar-refractivity contribution >= 4 is 5.84 Å². The van der Waals surface area contributed by atoms with Gasteiger partial charge in [-0.2, -0.15) is 0 Å². The first-order valence-corrected chi connectivity index (χ1v) is 4.88. The molecule has 14 heavy (non-hydrogen) atoms. The number of nitrogens with zero attached hydrogens (tertiary/aromatic N) is 2. The first-order chi connectivity index (χ1) is 6.61. The van der Waals surface area contributed by atoms with Gasteiger partial charge in [0.1, 0.15) is 5.84 Å². The molecule has 0 saturated carbocycles. The Labute approximate surface area is 84.6 Å². The van der Waals surface area contributed by atoms with E-state index in [2.05, 4.69) is 10.1 Å². The zero-order valence-electron chi connectivity index (χ0n) is 8.91. The fourth-order valence-corrected chi connectivity index (χ4v) is 1.20. The van der Waals surface area contributed by atoms with E-state index in [9.17, 15) is 4.39 Å². The lowest BCUT2D eigenvalue weighted by Crippen LogP contribution is -2.35. The Hall–Kier alpha value is -0.840. The smallest absolute Gasteiger partial charge is 0.140 e. The molecule has 0 aliphatic heterocycles. The normalized spacial score (nSPS) is 12.8. The highest BCUT2D eigenvalue weighted by atomic mass is 19.1. The van der Waals surface area contributed by atoms with Gasteiger partial charge >= 0.3 is 0 Å². The molecule has 0 unspecified atom stereocenters. The van der Waals surface area contributed by atoms with E-state index in [-0.39, 0.29) is 12.5 Å². The van der Waals surface area contributed by atoms with Crippen LogP contribution in [0.3, 0.4) is 0 Å². The predicted molar refractivity (Wildman–Crippen MR) is 55.3 cm³/mol. The molecule has 0 saturated heterocycles. The number of hydrogen-bond donors (Lipinski definition) is 2. The van der Waals surface area contributed by atoms with Gasteiger partial charge in [-0.15, -0.1) is 0 Å². The summed E-state index contributed by atoms with van der Waals surface area (Å²) in [7, 11) is 0. The number of hydrogen-bond acceptors (Lipinski definition) is 3. The summed E-state index contributed by atoms with van der Waals surface area (Å²) in [5.41, 5.74) is 5.35.